The molecule has 2 N–H and O–H groups in total. The van der Waals surface area contributed by atoms with Gasteiger partial charge in [0.15, 0.2) is 0 Å². The van der Waals surface area contributed by atoms with Crippen LogP contribution < -0.4 is 10.2 Å². The number of anilines is 1. The third-order valence-corrected chi connectivity index (χ3v) is 3.74. The zero-order valence-electron chi connectivity index (χ0n) is 12.1. The van der Waals surface area contributed by atoms with E-state index in [1.165, 1.54) is 0 Å². The van der Waals surface area contributed by atoms with Crippen molar-refractivity contribution in [3.8, 4) is 0 Å². The van der Waals surface area contributed by atoms with Crippen molar-refractivity contribution in [2.45, 2.75) is 26.0 Å². The smallest absolute Gasteiger partial charge is 0.245 e. The van der Waals surface area contributed by atoms with Crippen LogP contribution in [0.25, 0.3) is 0 Å². The quantitative estimate of drug-likeness (QED) is 0.866. The van der Waals surface area contributed by atoms with Crippen LogP contribution in [0.5, 0.6) is 0 Å². The minimum Gasteiger partial charge on any atom is -0.392 e. The highest BCUT2D eigenvalue weighted by molar-refractivity contribution is 6.30. The maximum atomic E-state index is 12.3. The van der Waals surface area contributed by atoms with Crippen LogP contribution in [-0.2, 0) is 16.1 Å². The minimum atomic E-state index is -0.378. The predicted octanol–water partition coefficient (Wildman–Crippen LogP) is 1.56. The number of aliphatic hydroxyl groups excluding tert-OH is 1. The molecule has 1 atom stereocenters. The van der Waals surface area contributed by atoms with E-state index in [9.17, 15) is 9.90 Å². The number of hydrogen-bond acceptors (Lipinski definition) is 4. The standard InChI is InChI=1S/C15H21ClN2O3/c1-2-5-17-15(20)14-10-21-7-6-18(14)13-4-3-12(16)8-11(13)9-19/h3-4,8,14,19H,2,5-7,9-10H2,1H3,(H,17,20). The van der Waals surface area contributed by atoms with Crippen molar-refractivity contribution < 1.29 is 14.6 Å². The zero-order valence-corrected chi connectivity index (χ0v) is 12.9. The van der Waals surface area contributed by atoms with E-state index in [1.807, 2.05) is 17.9 Å². The van der Waals surface area contributed by atoms with E-state index in [0.717, 1.165) is 17.7 Å². The van der Waals surface area contributed by atoms with Crippen molar-refractivity contribution in [2.24, 2.45) is 0 Å². The Morgan fingerprint density at radius 3 is 3.10 bits per heavy atom. The summed E-state index contributed by atoms with van der Waals surface area (Å²) in [5.74, 6) is -0.0459. The molecule has 5 nitrogen and oxygen atoms in total. The first-order valence-corrected chi connectivity index (χ1v) is 7.56. The molecular formula is C15H21ClN2O3. The number of halogens is 1. The first-order valence-electron chi connectivity index (χ1n) is 7.18. The Balaban J connectivity index is 2.24. The number of morpholine rings is 1. The molecule has 21 heavy (non-hydrogen) atoms. The second kappa shape index (κ2) is 7.64. The average molecular weight is 313 g/mol. The van der Waals surface area contributed by atoms with E-state index in [-0.39, 0.29) is 18.6 Å². The average Bonchev–Trinajstić information content (AvgIpc) is 2.52. The summed E-state index contributed by atoms with van der Waals surface area (Å²) >= 11 is 5.97. The molecule has 1 unspecified atom stereocenters. The monoisotopic (exact) mass is 312 g/mol. The van der Waals surface area contributed by atoms with Crippen LogP contribution in [0.2, 0.25) is 5.02 Å². The Morgan fingerprint density at radius 1 is 1.57 bits per heavy atom. The topological polar surface area (TPSA) is 61.8 Å². The van der Waals surface area contributed by atoms with Gasteiger partial charge in [-0.15, -0.1) is 0 Å². The number of hydrogen-bond donors (Lipinski definition) is 2. The number of nitrogens with one attached hydrogen (secondary N) is 1. The highest BCUT2D eigenvalue weighted by atomic mass is 35.5. The third kappa shape index (κ3) is 3.87. The number of nitrogens with zero attached hydrogens (tertiary/aromatic N) is 1. The van der Waals surface area contributed by atoms with Gasteiger partial charge in [0, 0.05) is 29.4 Å². The van der Waals surface area contributed by atoms with Crippen molar-refractivity contribution in [1.82, 2.24) is 5.32 Å². The van der Waals surface area contributed by atoms with Crippen LogP contribution in [0.1, 0.15) is 18.9 Å². The SMILES string of the molecule is CCCNC(=O)C1COCCN1c1ccc(Cl)cc1CO. The second-order valence-electron chi connectivity index (χ2n) is 5.01. The van der Waals surface area contributed by atoms with Gasteiger partial charge in [0.2, 0.25) is 5.91 Å². The van der Waals surface area contributed by atoms with Crippen LogP contribution in [0, 0.1) is 0 Å². The van der Waals surface area contributed by atoms with Crippen LogP contribution in [0.15, 0.2) is 18.2 Å². The van der Waals surface area contributed by atoms with Gasteiger partial charge in [-0.3, -0.25) is 4.79 Å². The van der Waals surface area contributed by atoms with Gasteiger partial charge in [0.05, 0.1) is 19.8 Å². The van der Waals surface area contributed by atoms with Gasteiger partial charge in [-0.1, -0.05) is 18.5 Å². The summed E-state index contributed by atoms with van der Waals surface area (Å²) in [6, 6.07) is 4.97. The molecule has 2 rings (SSSR count). The van der Waals surface area contributed by atoms with Crippen LogP contribution in [0.4, 0.5) is 5.69 Å². The molecule has 116 valence electrons. The molecule has 1 fully saturated rings. The predicted molar refractivity (Wildman–Crippen MR) is 82.6 cm³/mol. The van der Waals surface area contributed by atoms with Crippen LogP contribution in [-0.4, -0.2) is 43.4 Å². The molecule has 1 amide bonds. The second-order valence-corrected chi connectivity index (χ2v) is 5.44. The normalized spacial score (nSPS) is 18.6. The van der Waals surface area contributed by atoms with E-state index in [4.69, 9.17) is 16.3 Å². The van der Waals surface area contributed by atoms with Gasteiger partial charge in [-0.25, -0.2) is 0 Å². The number of benzene rings is 1. The fourth-order valence-corrected chi connectivity index (χ4v) is 2.63. The van der Waals surface area contributed by atoms with Gasteiger partial charge < -0.3 is 20.1 Å². The molecule has 0 spiro atoms. The molecule has 1 aromatic rings. The summed E-state index contributed by atoms with van der Waals surface area (Å²) in [7, 11) is 0. The Bertz CT molecular complexity index is 496. The van der Waals surface area contributed by atoms with Crippen LogP contribution >= 0.6 is 11.6 Å². The number of carbonyl (C=O) groups excluding carboxylic acids is 1. The highest BCUT2D eigenvalue weighted by Gasteiger charge is 2.30. The molecule has 0 radical (unpaired) electrons. The maximum absolute atomic E-state index is 12.3. The molecule has 1 heterocycles. The lowest BCUT2D eigenvalue weighted by atomic mass is 10.1. The molecule has 1 aromatic carbocycles. The van der Waals surface area contributed by atoms with Gasteiger partial charge in [-0.05, 0) is 24.6 Å². The van der Waals surface area contributed by atoms with E-state index in [1.54, 1.807) is 12.1 Å². The minimum absolute atomic E-state index is 0.0459. The summed E-state index contributed by atoms with van der Waals surface area (Å²) in [4.78, 5) is 14.3. The first kappa shape index (κ1) is 16.1. The van der Waals surface area contributed by atoms with Gasteiger partial charge in [-0.2, -0.15) is 0 Å². The number of carbonyl (C=O) groups is 1. The Labute approximate surface area is 129 Å². The third-order valence-electron chi connectivity index (χ3n) is 3.50. The number of aliphatic hydroxyl groups is 1. The molecule has 0 saturated carbocycles. The highest BCUT2D eigenvalue weighted by Crippen LogP contribution is 2.27. The zero-order chi connectivity index (χ0) is 15.2. The lowest BCUT2D eigenvalue weighted by Crippen LogP contribution is -2.54. The fraction of sp³-hybridized carbons (Fsp3) is 0.533. The van der Waals surface area contributed by atoms with Crippen molar-refractivity contribution in [1.29, 1.82) is 0 Å². The Morgan fingerprint density at radius 2 is 2.38 bits per heavy atom. The van der Waals surface area contributed by atoms with Gasteiger partial charge in [0.1, 0.15) is 6.04 Å². The fourth-order valence-electron chi connectivity index (χ4n) is 2.44. The van der Waals surface area contributed by atoms with Crippen molar-refractivity contribution >= 4 is 23.2 Å². The summed E-state index contributed by atoms with van der Waals surface area (Å²) in [6.45, 7) is 4.07. The molecule has 0 aromatic heterocycles. The first-order chi connectivity index (χ1) is 10.2. The van der Waals surface area contributed by atoms with Crippen LogP contribution in [0.3, 0.4) is 0 Å². The van der Waals surface area contributed by atoms with Gasteiger partial charge in [0.25, 0.3) is 0 Å². The van der Waals surface area contributed by atoms with Gasteiger partial charge >= 0.3 is 0 Å². The van der Waals surface area contributed by atoms with Crippen molar-refractivity contribution in [3.63, 3.8) is 0 Å². The molecule has 1 aliphatic rings. The largest absolute Gasteiger partial charge is 0.392 e. The molecule has 0 bridgehead atoms. The Kier molecular flexibility index (Phi) is 5.85. The summed E-state index contributed by atoms with van der Waals surface area (Å²) in [5, 5.41) is 13.0. The van der Waals surface area contributed by atoms with Crippen molar-refractivity contribution in [3.05, 3.63) is 28.8 Å². The number of ether oxygens (including phenoxy) is 1. The van der Waals surface area contributed by atoms with E-state index in [0.29, 0.717) is 31.3 Å². The summed E-state index contributed by atoms with van der Waals surface area (Å²) < 4.78 is 5.44. The molecule has 1 aliphatic heterocycles. The maximum Gasteiger partial charge on any atom is 0.245 e. The summed E-state index contributed by atoms with van der Waals surface area (Å²) in [6.07, 6.45) is 0.891. The lowest BCUT2D eigenvalue weighted by molar-refractivity contribution is -0.124. The van der Waals surface area contributed by atoms with E-state index >= 15 is 0 Å². The van der Waals surface area contributed by atoms with E-state index < -0.39 is 0 Å². The van der Waals surface area contributed by atoms with Crippen molar-refractivity contribution in [2.75, 3.05) is 31.2 Å². The Hall–Kier alpha value is -1.30. The molecular weight excluding hydrogens is 292 g/mol. The molecule has 1 saturated heterocycles. The summed E-state index contributed by atoms with van der Waals surface area (Å²) in [5.41, 5.74) is 1.56. The number of rotatable bonds is 5. The molecule has 6 heteroatoms. The molecule has 0 aliphatic carbocycles. The lowest BCUT2D eigenvalue weighted by Gasteiger charge is -2.37. The van der Waals surface area contributed by atoms with E-state index in [2.05, 4.69) is 5.32 Å². The number of amides is 1.